The summed E-state index contributed by atoms with van der Waals surface area (Å²) in [6.07, 6.45) is 1.71. The number of benzene rings is 2. The molecular weight excluding hydrogens is 455 g/mol. The second-order valence-corrected chi connectivity index (χ2v) is 6.40. The quantitative estimate of drug-likeness (QED) is 0.370. The van der Waals surface area contributed by atoms with E-state index in [2.05, 4.69) is 48.8 Å². The lowest BCUT2D eigenvalue weighted by atomic mass is 10.2. The summed E-state index contributed by atoms with van der Waals surface area (Å²) in [5, 5.41) is 3.34. The molecule has 3 aromatic rings. The fourth-order valence-electron chi connectivity index (χ4n) is 1.88. The summed E-state index contributed by atoms with van der Waals surface area (Å²) in [7, 11) is 0. The number of nitrogens with zero attached hydrogens (tertiary/aromatic N) is 1. The first-order chi connectivity index (χ1) is 10.7. The van der Waals surface area contributed by atoms with Crippen molar-refractivity contribution >= 4 is 61.8 Å². The lowest BCUT2D eigenvalue weighted by molar-refractivity contribution is 0.530. The van der Waals surface area contributed by atoms with Crippen LogP contribution in [0.2, 0.25) is 0 Å². The van der Waals surface area contributed by atoms with Crippen molar-refractivity contribution in [1.29, 1.82) is 0 Å². The Morgan fingerprint density at radius 1 is 1.00 bits per heavy atom. The summed E-state index contributed by atoms with van der Waals surface area (Å²) < 4.78 is 7.28. The third kappa shape index (κ3) is 3.98. The Morgan fingerprint density at radius 2 is 1.68 bits per heavy atom. The molecule has 0 bridgehead atoms. The molecule has 3 rings (SSSR count). The van der Waals surface area contributed by atoms with Crippen molar-refractivity contribution in [3.8, 4) is 0 Å². The van der Waals surface area contributed by atoms with Crippen LogP contribution >= 0.6 is 38.5 Å². The van der Waals surface area contributed by atoms with Crippen LogP contribution in [0, 0.1) is 3.77 Å². The van der Waals surface area contributed by atoms with Crippen molar-refractivity contribution in [2.75, 3.05) is 5.32 Å². The molecule has 0 aliphatic carbocycles. The highest BCUT2D eigenvalue weighted by atomic mass is 127. The van der Waals surface area contributed by atoms with E-state index in [0.29, 0.717) is 0 Å². The average molecular weight is 467 g/mol. The summed E-state index contributed by atoms with van der Waals surface area (Å²) in [4.78, 5) is 4.41. The van der Waals surface area contributed by atoms with Gasteiger partial charge in [0.25, 0.3) is 0 Å². The SMILES string of the molecule is Brc1cc(C=Nc2ccc(Nc3ccccc3)cc2)oc1I. The molecule has 0 saturated carbocycles. The number of rotatable bonds is 4. The van der Waals surface area contributed by atoms with Crippen LogP contribution in [0.25, 0.3) is 0 Å². The molecule has 2 aromatic carbocycles. The molecule has 0 fully saturated rings. The molecule has 1 heterocycles. The maximum atomic E-state index is 5.52. The Bertz CT molecular complexity index is 763. The Morgan fingerprint density at radius 3 is 2.32 bits per heavy atom. The maximum Gasteiger partial charge on any atom is 0.178 e. The number of hydrogen-bond donors (Lipinski definition) is 1. The molecule has 0 saturated heterocycles. The van der Waals surface area contributed by atoms with E-state index in [9.17, 15) is 0 Å². The van der Waals surface area contributed by atoms with Crippen LogP contribution < -0.4 is 5.32 Å². The fraction of sp³-hybridized carbons (Fsp3) is 0. The van der Waals surface area contributed by atoms with Crippen LogP contribution in [0.5, 0.6) is 0 Å². The lowest BCUT2D eigenvalue weighted by Crippen LogP contribution is -1.88. The van der Waals surface area contributed by atoms with Gasteiger partial charge in [-0.1, -0.05) is 18.2 Å². The molecule has 3 nitrogen and oxygen atoms in total. The van der Waals surface area contributed by atoms with Gasteiger partial charge in [-0.3, -0.25) is 4.99 Å². The molecule has 0 spiro atoms. The van der Waals surface area contributed by atoms with E-state index >= 15 is 0 Å². The van der Waals surface area contributed by atoms with Gasteiger partial charge in [0.15, 0.2) is 3.77 Å². The molecule has 5 heteroatoms. The first-order valence-corrected chi connectivity index (χ1v) is 8.49. The van der Waals surface area contributed by atoms with E-state index in [1.54, 1.807) is 6.21 Å². The highest BCUT2D eigenvalue weighted by Gasteiger charge is 2.03. The average Bonchev–Trinajstić information content (AvgIpc) is 2.86. The molecule has 0 amide bonds. The molecular formula is C17H12BrIN2O. The van der Waals surface area contributed by atoms with Gasteiger partial charge in [-0.2, -0.15) is 0 Å². The van der Waals surface area contributed by atoms with Gasteiger partial charge in [0.2, 0.25) is 0 Å². The van der Waals surface area contributed by atoms with E-state index in [1.165, 1.54) is 0 Å². The molecule has 110 valence electrons. The molecule has 1 N–H and O–H groups in total. The number of furan rings is 1. The van der Waals surface area contributed by atoms with Gasteiger partial charge in [-0.25, -0.2) is 0 Å². The third-order valence-electron chi connectivity index (χ3n) is 2.93. The highest BCUT2D eigenvalue weighted by molar-refractivity contribution is 14.1. The van der Waals surface area contributed by atoms with E-state index in [4.69, 9.17) is 4.42 Å². The summed E-state index contributed by atoms with van der Waals surface area (Å²) in [6, 6.07) is 19.9. The maximum absolute atomic E-state index is 5.52. The van der Waals surface area contributed by atoms with Crippen molar-refractivity contribution < 1.29 is 4.42 Å². The van der Waals surface area contributed by atoms with Crippen molar-refractivity contribution in [3.63, 3.8) is 0 Å². The number of nitrogens with one attached hydrogen (secondary N) is 1. The van der Waals surface area contributed by atoms with Crippen molar-refractivity contribution in [2.24, 2.45) is 4.99 Å². The van der Waals surface area contributed by atoms with Crippen LogP contribution in [0.1, 0.15) is 5.76 Å². The van der Waals surface area contributed by atoms with E-state index < -0.39 is 0 Å². The highest BCUT2D eigenvalue weighted by Crippen LogP contribution is 2.23. The van der Waals surface area contributed by atoms with Gasteiger partial charge in [-0.05, 0) is 52.3 Å². The molecule has 22 heavy (non-hydrogen) atoms. The Balaban J connectivity index is 1.69. The second-order valence-electron chi connectivity index (χ2n) is 4.57. The van der Waals surface area contributed by atoms with Gasteiger partial charge in [0, 0.05) is 40.0 Å². The number of anilines is 2. The zero-order chi connectivity index (χ0) is 15.4. The molecule has 0 atom stereocenters. The fourth-order valence-corrected chi connectivity index (χ4v) is 2.60. The number of aliphatic imine (C=N–C) groups is 1. The lowest BCUT2D eigenvalue weighted by Gasteiger charge is -2.05. The number of hydrogen-bond acceptors (Lipinski definition) is 3. The molecule has 0 unspecified atom stereocenters. The van der Waals surface area contributed by atoms with E-state index in [1.807, 2.05) is 60.7 Å². The predicted octanol–water partition coefficient (Wildman–Crippen LogP) is 6.14. The Hall–Kier alpha value is -1.60. The second kappa shape index (κ2) is 7.11. The largest absolute Gasteiger partial charge is 0.448 e. The predicted molar refractivity (Wildman–Crippen MR) is 103 cm³/mol. The van der Waals surface area contributed by atoms with Crippen LogP contribution in [-0.4, -0.2) is 6.21 Å². The van der Waals surface area contributed by atoms with E-state index in [0.717, 1.165) is 31.1 Å². The van der Waals surface area contributed by atoms with Crippen molar-refractivity contribution in [2.45, 2.75) is 0 Å². The zero-order valence-electron chi connectivity index (χ0n) is 11.5. The van der Waals surface area contributed by atoms with Crippen molar-refractivity contribution in [1.82, 2.24) is 0 Å². The minimum Gasteiger partial charge on any atom is -0.448 e. The molecule has 0 radical (unpaired) electrons. The first kappa shape index (κ1) is 15.3. The van der Waals surface area contributed by atoms with Gasteiger partial charge in [0.05, 0.1) is 16.4 Å². The first-order valence-electron chi connectivity index (χ1n) is 6.62. The van der Waals surface area contributed by atoms with Crippen LogP contribution in [0.4, 0.5) is 17.1 Å². The summed E-state index contributed by atoms with van der Waals surface area (Å²) in [5.41, 5.74) is 2.97. The van der Waals surface area contributed by atoms with Gasteiger partial charge in [0.1, 0.15) is 5.76 Å². The number of halogens is 2. The molecule has 1 aromatic heterocycles. The standard InChI is InChI=1S/C17H12BrIN2O/c18-16-10-15(22-17(16)19)11-20-12-6-8-14(9-7-12)21-13-4-2-1-3-5-13/h1-11,21H. The van der Waals surface area contributed by atoms with Crippen molar-refractivity contribution in [3.05, 3.63) is 74.7 Å². The molecule has 0 aliphatic heterocycles. The Labute approximate surface area is 150 Å². The molecule has 0 aliphatic rings. The van der Waals surface area contributed by atoms with Gasteiger partial charge in [-0.15, -0.1) is 0 Å². The normalized spacial score (nSPS) is 11.0. The van der Waals surface area contributed by atoms with Gasteiger partial charge < -0.3 is 9.73 Å². The summed E-state index contributed by atoms with van der Waals surface area (Å²) in [5.74, 6) is 0.725. The number of para-hydroxylation sites is 1. The van der Waals surface area contributed by atoms with Gasteiger partial charge >= 0.3 is 0 Å². The third-order valence-corrected chi connectivity index (χ3v) is 5.07. The van der Waals surface area contributed by atoms with Crippen LogP contribution in [0.15, 0.2) is 74.5 Å². The zero-order valence-corrected chi connectivity index (χ0v) is 15.2. The van der Waals surface area contributed by atoms with Crippen LogP contribution in [-0.2, 0) is 0 Å². The topological polar surface area (TPSA) is 37.5 Å². The Kier molecular flexibility index (Phi) is 4.94. The smallest absolute Gasteiger partial charge is 0.178 e. The summed E-state index contributed by atoms with van der Waals surface area (Å²) in [6.45, 7) is 0. The summed E-state index contributed by atoms with van der Waals surface area (Å²) >= 11 is 5.54. The van der Waals surface area contributed by atoms with E-state index in [-0.39, 0.29) is 0 Å². The minimum absolute atomic E-state index is 0.725. The van der Waals surface area contributed by atoms with Crippen LogP contribution in [0.3, 0.4) is 0 Å². The minimum atomic E-state index is 0.725. The monoisotopic (exact) mass is 466 g/mol.